The van der Waals surface area contributed by atoms with E-state index < -0.39 is 6.61 Å². The second-order valence-corrected chi connectivity index (χ2v) is 7.38. The second kappa shape index (κ2) is 9.96. The largest absolute Gasteiger partial charge is 0.454 e. The van der Waals surface area contributed by atoms with Crippen molar-refractivity contribution in [2.75, 3.05) is 26.4 Å². The molecule has 1 heterocycles. The lowest BCUT2D eigenvalue weighted by Crippen LogP contribution is -2.43. The molecule has 162 valence electrons. The molecule has 29 heavy (non-hydrogen) atoms. The maximum absolute atomic E-state index is 12.8. The molecule has 1 fully saturated rings. The van der Waals surface area contributed by atoms with E-state index in [-0.39, 0.29) is 19.1 Å². The number of ether oxygens (including phenoxy) is 3. The molecule has 0 amide bonds. The van der Waals surface area contributed by atoms with Crippen LogP contribution in [0.1, 0.15) is 39.2 Å². The Labute approximate surface area is 170 Å². The van der Waals surface area contributed by atoms with Gasteiger partial charge in [0.2, 0.25) is 6.79 Å². The van der Waals surface area contributed by atoms with Crippen LogP contribution in [-0.2, 0) is 6.54 Å². The van der Waals surface area contributed by atoms with Crippen LogP contribution in [0, 0.1) is 0 Å². The molecule has 9 heteroatoms. The number of hydrogen-bond donors (Lipinski definition) is 2. The van der Waals surface area contributed by atoms with Crippen molar-refractivity contribution < 1.29 is 23.0 Å². The number of benzene rings is 1. The SMILES string of the molecule is CCNC(=NCc1cc2c(cc1OC(F)F)OCO2)NCCN(C(C)C)C1CC1. The minimum atomic E-state index is -2.92. The minimum absolute atomic E-state index is 0.0450. The molecule has 0 aromatic heterocycles. The van der Waals surface area contributed by atoms with Gasteiger partial charge >= 0.3 is 6.61 Å². The number of nitrogens with zero attached hydrogens (tertiary/aromatic N) is 2. The van der Waals surface area contributed by atoms with Gasteiger partial charge in [0.25, 0.3) is 0 Å². The zero-order valence-corrected chi connectivity index (χ0v) is 17.2. The first-order valence-electron chi connectivity index (χ1n) is 10.1. The first-order chi connectivity index (χ1) is 14.0. The van der Waals surface area contributed by atoms with Crippen LogP contribution in [0.15, 0.2) is 17.1 Å². The predicted octanol–water partition coefficient (Wildman–Crippen LogP) is 2.94. The van der Waals surface area contributed by atoms with E-state index in [1.165, 1.54) is 18.9 Å². The summed E-state index contributed by atoms with van der Waals surface area (Å²) in [5.41, 5.74) is 0.508. The van der Waals surface area contributed by atoms with Gasteiger partial charge in [-0.3, -0.25) is 4.90 Å². The smallest absolute Gasteiger partial charge is 0.387 e. The van der Waals surface area contributed by atoms with Crippen LogP contribution < -0.4 is 24.8 Å². The Hall–Kier alpha value is -2.29. The molecule has 2 aliphatic rings. The summed E-state index contributed by atoms with van der Waals surface area (Å²) in [4.78, 5) is 7.02. The third-order valence-electron chi connectivity index (χ3n) is 4.87. The maximum atomic E-state index is 12.8. The molecule has 1 aromatic rings. The molecule has 1 saturated carbocycles. The number of hydrogen-bond acceptors (Lipinski definition) is 5. The number of guanidine groups is 1. The lowest BCUT2D eigenvalue weighted by Gasteiger charge is -2.26. The van der Waals surface area contributed by atoms with Gasteiger partial charge in [-0.2, -0.15) is 8.78 Å². The van der Waals surface area contributed by atoms with E-state index in [0.717, 1.165) is 13.1 Å². The Kier molecular flexibility index (Phi) is 7.35. The number of fused-ring (bicyclic) bond motifs is 1. The van der Waals surface area contributed by atoms with Crippen LogP contribution >= 0.6 is 0 Å². The van der Waals surface area contributed by atoms with Gasteiger partial charge in [0.15, 0.2) is 17.5 Å². The van der Waals surface area contributed by atoms with Crippen LogP contribution in [-0.4, -0.2) is 56.0 Å². The molecule has 2 N–H and O–H groups in total. The quantitative estimate of drug-likeness (QED) is 0.455. The van der Waals surface area contributed by atoms with Crippen molar-refractivity contribution in [1.29, 1.82) is 0 Å². The highest BCUT2D eigenvalue weighted by atomic mass is 19.3. The summed E-state index contributed by atoms with van der Waals surface area (Å²) in [7, 11) is 0. The zero-order valence-electron chi connectivity index (χ0n) is 17.2. The third-order valence-corrected chi connectivity index (χ3v) is 4.87. The van der Waals surface area contributed by atoms with Crippen LogP contribution in [0.3, 0.4) is 0 Å². The molecular weight excluding hydrogens is 382 g/mol. The summed E-state index contributed by atoms with van der Waals surface area (Å²) in [6, 6.07) is 4.27. The molecule has 1 aliphatic carbocycles. The Morgan fingerprint density at radius 3 is 2.59 bits per heavy atom. The zero-order chi connectivity index (χ0) is 20.8. The normalized spacial score (nSPS) is 16.1. The molecule has 0 atom stereocenters. The lowest BCUT2D eigenvalue weighted by atomic mass is 10.1. The maximum Gasteiger partial charge on any atom is 0.387 e. The highest BCUT2D eigenvalue weighted by Gasteiger charge is 2.30. The average Bonchev–Trinajstić information content (AvgIpc) is 3.39. The van der Waals surface area contributed by atoms with Crippen LogP contribution in [0.2, 0.25) is 0 Å². The van der Waals surface area contributed by atoms with E-state index in [1.807, 2.05) is 6.92 Å². The van der Waals surface area contributed by atoms with Crippen LogP contribution in [0.25, 0.3) is 0 Å². The summed E-state index contributed by atoms with van der Waals surface area (Å²) in [6.45, 7) is 6.09. The Morgan fingerprint density at radius 1 is 1.24 bits per heavy atom. The van der Waals surface area contributed by atoms with Crippen molar-refractivity contribution in [3.63, 3.8) is 0 Å². The fraction of sp³-hybridized carbons (Fsp3) is 0.650. The van der Waals surface area contributed by atoms with E-state index in [0.29, 0.717) is 41.7 Å². The van der Waals surface area contributed by atoms with Crippen LogP contribution in [0.5, 0.6) is 17.2 Å². The summed E-state index contributed by atoms with van der Waals surface area (Å²) in [5.74, 6) is 1.58. The van der Waals surface area contributed by atoms with Gasteiger partial charge in [0.05, 0.1) is 6.54 Å². The molecule has 0 bridgehead atoms. The molecular formula is C20H30F2N4O3. The highest BCUT2D eigenvalue weighted by molar-refractivity contribution is 5.79. The van der Waals surface area contributed by atoms with Gasteiger partial charge in [0, 0.05) is 43.3 Å². The predicted molar refractivity (Wildman–Crippen MR) is 107 cm³/mol. The number of halogens is 2. The summed E-state index contributed by atoms with van der Waals surface area (Å²) >= 11 is 0. The van der Waals surface area contributed by atoms with Crippen molar-refractivity contribution >= 4 is 5.96 Å². The van der Waals surface area contributed by atoms with Crippen molar-refractivity contribution in [3.8, 4) is 17.2 Å². The van der Waals surface area contributed by atoms with Crippen molar-refractivity contribution in [2.24, 2.45) is 4.99 Å². The van der Waals surface area contributed by atoms with E-state index in [1.54, 1.807) is 6.07 Å². The van der Waals surface area contributed by atoms with Gasteiger partial charge < -0.3 is 24.8 Å². The summed E-state index contributed by atoms with van der Waals surface area (Å²) in [6.07, 6.45) is 2.53. The standard InChI is InChI=1S/C20H30F2N4O3/c1-4-23-20(24-7-8-26(13(2)3)15-5-6-15)25-11-14-9-17-18(28-12-27-17)10-16(14)29-19(21)22/h9-10,13,15,19H,4-8,11-12H2,1-3H3,(H2,23,24,25). The fourth-order valence-electron chi connectivity index (χ4n) is 3.37. The lowest BCUT2D eigenvalue weighted by molar-refractivity contribution is -0.0505. The molecule has 0 radical (unpaired) electrons. The van der Waals surface area contributed by atoms with E-state index in [9.17, 15) is 8.78 Å². The number of aliphatic imine (C=N–C) groups is 1. The average molecular weight is 412 g/mol. The number of nitrogens with one attached hydrogen (secondary N) is 2. The topological polar surface area (TPSA) is 67.4 Å². The summed E-state index contributed by atoms with van der Waals surface area (Å²) in [5, 5.41) is 6.51. The van der Waals surface area contributed by atoms with E-state index in [4.69, 9.17) is 9.47 Å². The first-order valence-corrected chi connectivity index (χ1v) is 10.1. The monoisotopic (exact) mass is 412 g/mol. The highest BCUT2D eigenvalue weighted by Crippen LogP contribution is 2.39. The van der Waals surface area contributed by atoms with Crippen molar-refractivity contribution in [2.45, 2.75) is 58.9 Å². The number of alkyl halides is 2. The Morgan fingerprint density at radius 2 is 1.97 bits per heavy atom. The molecule has 0 spiro atoms. The van der Waals surface area contributed by atoms with E-state index in [2.05, 4.69) is 39.1 Å². The molecule has 1 aliphatic heterocycles. The molecule has 3 rings (SSSR count). The van der Waals surface area contributed by atoms with Crippen molar-refractivity contribution in [3.05, 3.63) is 17.7 Å². The first kappa shape index (κ1) is 21.4. The van der Waals surface area contributed by atoms with Gasteiger partial charge in [0.1, 0.15) is 5.75 Å². The molecule has 0 saturated heterocycles. The minimum Gasteiger partial charge on any atom is -0.454 e. The second-order valence-electron chi connectivity index (χ2n) is 7.38. The molecule has 7 nitrogen and oxygen atoms in total. The molecule has 1 aromatic carbocycles. The van der Waals surface area contributed by atoms with Gasteiger partial charge in [-0.15, -0.1) is 0 Å². The van der Waals surface area contributed by atoms with E-state index >= 15 is 0 Å². The van der Waals surface area contributed by atoms with Crippen molar-refractivity contribution in [1.82, 2.24) is 15.5 Å². The third kappa shape index (κ3) is 6.09. The van der Waals surface area contributed by atoms with Gasteiger partial charge in [-0.1, -0.05) is 0 Å². The van der Waals surface area contributed by atoms with Crippen LogP contribution in [0.4, 0.5) is 8.78 Å². The summed E-state index contributed by atoms with van der Waals surface area (Å²) < 4.78 is 40.8. The number of rotatable bonds is 10. The van der Waals surface area contributed by atoms with Gasteiger partial charge in [-0.05, 0) is 39.7 Å². The fourth-order valence-corrected chi connectivity index (χ4v) is 3.37. The Bertz CT molecular complexity index is 709. The molecule has 0 unspecified atom stereocenters. The van der Waals surface area contributed by atoms with Gasteiger partial charge in [-0.25, -0.2) is 4.99 Å². The Balaban J connectivity index is 1.64.